The van der Waals surface area contributed by atoms with Crippen LogP contribution in [0.5, 0.6) is 0 Å². The first-order valence-corrected chi connectivity index (χ1v) is 8.38. The second-order valence-electron chi connectivity index (χ2n) is 6.04. The van der Waals surface area contributed by atoms with Gasteiger partial charge in [0.25, 0.3) is 11.8 Å². The maximum atomic E-state index is 13.2. The molecule has 3 aromatic rings. The molecule has 0 aliphatic carbocycles. The van der Waals surface area contributed by atoms with Crippen LogP contribution in [0.25, 0.3) is 0 Å². The van der Waals surface area contributed by atoms with Gasteiger partial charge >= 0.3 is 0 Å². The molecule has 5 nitrogen and oxygen atoms in total. The van der Waals surface area contributed by atoms with Crippen LogP contribution in [0.15, 0.2) is 66.9 Å². The summed E-state index contributed by atoms with van der Waals surface area (Å²) in [5.41, 5.74) is 2.94. The topological polar surface area (TPSA) is 71.1 Å². The molecule has 6 heteroatoms. The fourth-order valence-electron chi connectivity index (χ4n) is 2.48. The van der Waals surface area contributed by atoms with Gasteiger partial charge in [-0.15, -0.1) is 0 Å². The van der Waals surface area contributed by atoms with Crippen molar-refractivity contribution in [1.82, 2.24) is 10.3 Å². The molecule has 0 spiro atoms. The van der Waals surface area contributed by atoms with Crippen LogP contribution < -0.4 is 10.6 Å². The van der Waals surface area contributed by atoms with Gasteiger partial charge in [0.05, 0.1) is 5.56 Å². The smallest absolute Gasteiger partial charge is 0.255 e. The highest BCUT2D eigenvalue weighted by Crippen LogP contribution is 2.13. The minimum atomic E-state index is -0.468. The predicted molar refractivity (Wildman–Crippen MR) is 101 cm³/mol. The van der Waals surface area contributed by atoms with E-state index in [-0.39, 0.29) is 11.5 Å². The molecule has 3 rings (SSSR count). The van der Waals surface area contributed by atoms with E-state index in [9.17, 15) is 14.0 Å². The Morgan fingerprint density at radius 1 is 0.963 bits per heavy atom. The van der Waals surface area contributed by atoms with E-state index in [4.69, 9.17) is 0 Å². The number of carbonyl (C=O) groups is 2. The molecule has 27 heavy (non-hydrogen) atoms. The van der Waals surface area contributed by atoms with Gasteiger partial charge in [-0.3, -0.25) is 14.6 Å². The van der Waals surface area contributed by atoms with E-state index < -0.39 is 11.7 Å². The highest BCUT2D eigenvalue weighted by atomic mass is 19.1. The average Bonchev–Trinajstić information content (AvgIpc) is 2.67. The minimum Gasteiger partial charge on any atom is -0.348 e. The molecule has 0 unspecified atom stereocenters. The number of hydrogen-bond acceptors (Lipinski definition) is 3. The van der Waals surface area contributed by atoms with Crippen LogP contribution in [0, 0.1) is 12.7 Å². The first-order chi connectivity index (χ1) is 13.0. The van der Waals surface area contributed by atoms with Crippen molar-refractivity contribution in [3.8, 4) is 0 Å². The summed E-state index contributed by atoms with van der Waals surface area (Å²) in [7, 11) is 0. The van der Waals surface area contributed by atoms with Gasteiger partial charge in [0, 0.05) is 29.7 Å². The molecule has 0 radical (unpaired) electrons. The monoisotopic (exact) mass is 363 g/mol. The molecule has 0 saturated heterocycles. The number of rotatable bonds is 5. The van der Waals surface area contributed by atoms with E-state index in [1.165, 1.54) is 30.5 Å². The van der Waals surface area contributed by atoms with Crippen molar-refractivity contribution in [3.05, 3.63) is 95.1 Å². The van der Waals surface area contributed by atoms with E-state index in [1.807, 2.05) is 13.0 Å². The maximum absolute atomic E-state index is 13.2. The lowest BCUT2D eigenvalue weighted by Crippen LogP contribution is -2.23. The molecule has 0 aliphatic rings. The Labute approximate surface area is 156 Å². The largest absolute Gasteiger partial charge is 0.348 e. The summed E-state index contributed by atoms with van der Waals surface area (Å²) < 4.78 is 13.2. The van der Waals surface area contributed by atoms with E-state index >= 15 is 0 Å². The number of nitrogens with zero attached hydrogens (tertiary/aromatic N) is 1. The van der Waals surface area contributed by atoms with Crippen molar-refractivity contribution in [3.63, 3.8) is 0 Å². The second-order valence-corrected chi connectivity index (χ2v) is 6.04. The van der Waals surface area contributed by atoms with Crippen LogP contribution in [0.1, 0.15) is 32.0 Å². The SMILES string of the molecule is Cc1ccc(C(=O)NCc2cccc(NC(=O)c3cccc(F)c3)c2)cn1. The summed E-state index contributed by atoms with van der Waals surface area (Å²) in [5.74, 6) is -1.09. The average molecular weight is 363 g/mol. The summed E-state index contributed by atoms with van der Waals surface area (Å²) in [4.78, 5) is 28.5. The third kappa shape index (κ3) is 4.98. The molecule has 0 bridgehead atoms. The van der Waals surface area contributed by atoms with Gasteiger partial charge in [0.1, 0.15) is 5.82 Å². The van der Waals surface area contributed by atoms with Gasteiger partial charge in [-0.25, -0.2) is 4.39 Å². The zero-order valence-electron chi connectivity index (χ0n) is 14.7. The number of benzene rings is 2. The van der Waals surface area contributed by atoms with E-state index in [2.05, 4.69) is 15.6 Å². The molecular weight excluding hydrogens is 345 g/mol. The Kier molecular flexibility index (Phi) is 5.56. The molecule has 2 N–H and O–H groups in total. The molecule has 1 heterocycles. The van der Waals surface area contributed by atoms with Gasteiger partial charge in [-0.1, -0.05) is 18.2 Å². The van der Waals surface area contributed by atoms with Crippen molar-refractivity contribution in [2.45, 2.75) is 13.5 Å². The summed E-state index contributed by atoms with van der Waals surface area (Å²) in [6.07, 6.45) is 1.53. The first-order valence-electron chi connectivity index (χ1n) is 8.38. The Morgan fingerprint density at radius 2 is 1.78 bits per heavy atom. The van der Waals surface area contributed by atoms with E-state index in [1.54, 1.807) is 30.3 Å². The van der Waals surface area contributed by atoms with E-state index in [0.29, 0.717) is 17.8 Å². The lowest BCUT2D eigenvalue weighted by molar-refractivity contribution is 0.0949. The molecule has 2 amide bonds. The number of pyridine rings is 1. The Morgan fingerprint density at radius 3 is 2.52 bits per heavy atom. The number of amides is 2. The van der Waals surface area contributed by atoms with Crippen LogP contribution in [-0.4, -0.2) is 16.8 Å². The lowest BCUT2D eigenvalue weighted by atomic mass is 10.1. The van der Waals surface area contributed by atoms with E-state index in [0.717, 1.165) is 11.3 Å². The maximum Gasteiger partial charge on any atom is 0.255 e. The normalized spacial score (nSPS) is 10.3. The molecule has 0 aliphatic heterocycles. The molecular formula is C21H18FN3O2. The fourth-order valence-corrected chi connectivity index (χ4v) is 2.48. The van der Waals surface area contributed by atoms with Gasteiger partial charge < -0.3 is 10.6 Å². The van der Waals surface area contributed by atoms with Gasteiger partial charge in [-0.2, -0.15) is 0 Å². The Balaban J connectivity index is 1.62. The van der Waals surface area contributed by atoms with Gasteiger partial charge in [0.2, 0.25) is 0 Å². The van der Waals surface area contributed by atoms with Crippen LogP contribution in [0.2, 0.25) is 0 Å². The van der Waals surface area contributed by atoms with Crippen LogP contribution >= 0.6 is 0 Å². The number of nitrogens with one attached hydrogen (secondary N) is 2. The van der Waals surface area contributed by atoms with Crippen molar-refractivity contribution in [1.29, 1.82) is 0 Å². The number of carbonyl (C=O) groups excluding carboxylic acids is 2. The molecule has 2 aromatic carbocycles. The van der Waals surface area contributed by atoms with Gasteiger partial charge in [0.15, 0.2) is 0 Å². The summed E-state index contributed by atoms with van der Waals surface area (Å²) >= 11 is 0. The second kappa shape index (κ2) is 8.23. The Hall–Kier alpha value is -3.54. The third-order valence-electron chi connectivity index (χ3n) is 3.90. The zero-order chi connectivity index (χ0) is 19.2. The number of aromatic nitrogens is 1. The van der Waals surface area contributed by atoms with Crippen LogP contribution in [-0.2, 0) is 6.54 Å². The van der Waals surface area contributed by atoms with Crippen molar-refractivity contribution < 1.29 is 14.0 Å². The summed E-state index contributed by atoms with van der Waals surface area (Å²) in [6, 6.07) is 16.1. The Bertz CT molecular complexity index is 971. The van der Waals surface area contributed by atoms with Gasteiger partial charge in [-0.05, 0) is 55.0 Å². The molecule has 0 saturated carbocycles. The van der Waals surface area contributed by atoms with Crippen molar-refractivity contribution >= 4 is 17.5 Å². The molecule has 0 fully saturated rings. The number of anilines is 1. The van der Waals surface area contributed by atoms with Crippen LogP contribution in [0.3, 0.4) is 0 Å². The lowest BCUT2D eigenvalue weighted by Gasteiger charge is -2.09. The standard InChI is InChI=1S/C21H18FN3O2/c1-14-8-9-17(13-23-14)20(26)24-12-15-4-2-7-19(10-15)25-21(27)16-5-3-6-18(22)11-16/h2-11,13H,12H2,1H3,(H,24,26)(H,25,27). The fraction of sp³-hybridized carbons (Fsp3) is 0.0952. The minimum absolute atomic E-state index is 0.225. The molecule has 1 aromatic heterocycles. The molecule has 136 valence electrons. The number of aryl methyl sites for hydroxylation is 1. The van der Waals surface area contributed by atoms with Crippen LogP contribution in [0.4, 0.5) is 10.1 Å². The summed E-state index contributed by atoms with van der Waals surface area (Å²) in [5, 5.41) is 5.54. The highest BCUT2D eigenvalue weighted by Gasteiger charge is 2.08. The number of hydrogen-bond donors (Lipinski definition) is 2. The zero-order valence-corrected chi connectivity index (χ0v) is 14.7. The first kappa shape index (κ1) is 18.3. The molecule has 0 atom stereocenters. The number of halogens is 1. The van der Waals surface area contributed by atoms with Crippen molar-refractivity contribution in [2.75, 3.05) is 5.32 Å². The highest BCUT2D eigenvalue weighted by molar-refractivity contribution is 6.04. The predicted octanol–water partition coefficient (Wildman–Crippen LogP) is 3.71. The van der Waals surface area contributed by atoms with Crippen molar-refractivity contribution in [2.24, 2.45) is 0 Å². The third-order valence-corrected chi connectivity index (χ3v) is 3.90. The summed E-state index contributed by atoms with van der Waals surface area (Å²) in [6.45, 7) is 2.15. The quantitative estimate of drug-likeness (QED) is 0.726.